The van der Waals surface area contributed by atoms with E-state index in [0.29, 0.717) is 61.5 Å². The number of hydrogen-bond acceptors (Lipinski definition) is 15. The van der Waals surface area contributed by atoms with Crippen molar-refractivity contribution in [3.63, 3.8) is 0 Å². The van der Waals surface area contributed by atoms with Gasteiger partial charge in [0.15, 0.2) is 18.4 Å². The van der Waals surface area contributed by atoms with Gasteiger partial charge < -0.3 is 67.1 Å². The molecule has 2 N–H and O–H groups in total. The van der Waals surface area contributed by atoms with E-state index in [1.54, 1.807) is 33.5 Å². The second-order valence-corrected chi connectivity index (χ2v) is 19.8. The summed E-state index contributed by atoms with van der Waals surface area (Å²) >= 11 is 0. The molecule has 0 amide bonds. The first-order valence-corrected chi connectivity index (χ1v) is 24.1. The highest BCUT2D eigenvalue weighted by atomic mass is 16.7. The number of fused-ring (bicyclic) bond motifs is 2. The smallest absolute Gasteiger partial charge is 0.316 e. The number of rotatable bonds is 11. The second-order valence-electron chi connectivity index (χ2n) is 19.8. The molecule has 0 aromatic heterocycles. The van der Waals surface area contributed by atoms with Gasteiger partial charge in [0.1, 0.15) is 42.0 Å². The van der Waals surface area contributed by atoms with Gasteiger partial charge in [-0.3, -0.25) is 4.79 Å². The van der Waals surface area contributed by atoms with Gasteiger partial charge in [-0.25, -0.2) is 0 Å². The molecular formula is C50H78O15. The number of methoxy groups -OCH3 is 4. The normalized spacial score (nSPS) is 47.7. The summed E-state index contributed by atoms with van der Waals surface area (Å²) in [4.78, 5) is 14.5. The van der Waals surface area contributed by atoms with Gasteiger partial charge in [0, 0.05) is 66.5 Å². The molecule has 15 heteroatoms. The van der Waals surface area contributed by atoms with E-state index in [0.717, 1.165) is 18.4 Å². The van der Waals surface area contributed by atoms with Gasteiger partial charge in [-0.05, 0) is 62.2 Å². The van der Waals surface area contributed by atoms with Gasteiger partial charge in [-0.15, -0.1) is 0 Å². The largest absolute Gasteiger partial charge is 0.462 e. The lowest BCUT2D eigenvalue weighted by atomic mass is 9.70. The summed E-state index contributed by atoms with van der Waals surface area (Å²) in [5.74, 6) is -2.24. The zero-order valence-corrected chi connectivity index (χ0v) is 40.6. The number of hydrogen-bond donors (Lipinski definition) is 2. The summed E-state index contributed by atoms with van der Waals surface area (Å²) in [6.07, 6.45) is 7.55. The lowest BCUT2D eigenvalue weighted by Crippen LogP contribution is -2.59. The second kappa shape index (κ2) is 21.7. The molecule has 0 aromatic carbocycles. The van der Waals surface area contributed by atoms with Gasteiger partial charge in [0.05, 0.1) is 55.9 Å². The fourth-order valence-electron chi connectivity index (χ4n) is 11.5. The molecule has 0 unspecified atom stereocenters. The van der Waals surface area contributed by atoms with Gasteiger partial charge in [0.25, 0.3) is 0 Å². The maximum atomic E-state index is 14.5. The molecule has 20 atom stereocenters. The monoisotopic (exact) mass is 919 g/mol. The quantitative estimate of drug-likeness (QED) is 0.186. The highest BCUT2D eigenvalue weighted by molar-refractivity contribution is 5.78. The minimum Gasteiger partial charge on any atom is -0.462 e. The predicted molar refractivity (Wildman–Crippen MR) is 238 cm³/mol. The van der Waals surface area contributed by atoms with Crippen LogP contribution in [0.1, 0.15) is 99.8 Å². The van der Waals surface area contributed by atoms with E-state index < -0.39 is 72.5 Å². The van der Waals surface area contributed by atoms with Crippen LogP contribution in [0.15, 0.2) is 47.1 Å². The van der Waals surface area contributed by atoms with E-state index in [4.69, 9.17) is 56.8 Å². The molecule has 7 aliphatic rings. The third-order valence-corrected chi connectivity index (χ3v) is 15.3. The van der Waals surface area contributed by atoms with Gasteiger partial charge >= 0.3 is 5.97 Å². The lowest BCUT2D eigenvalue weighted by molar-refractivity contribution is -0.340. The minimum atomic E-state index is -1.87. The van der Waals surface area contributed by atoms with Crippen LogP contribution in [0.3, 0.4) is 0 Å². The number of esters is 1. The Kier molecular flexibility index (Phi) is 16.9. The number of aliphatic hydroxyl groups excluding tert-OH is 1. The maximum absolute atomic E-state index is 14.5. The molecule has 5 fully saturated rings. The molecule has 2 bridgehead atoms. The fraction of sp³-hybridized carbons (Fsp3) is 0.820. The van der Waals surface area contributed by atoms with E-state index in [2.05, 4.69) is 40.7 Å². The van der Waals surface area contributed by atoms with E-state index in [9.17, 15) is 15.0 Å². The molecule has 5 saturated heterocycles. The summed E-state index contributed by atoms with van der Waals surface area (Å²) in [6.45, 7) is 14.8. The third kappa shape index (κ3) is 10.7. The van der Waals surface area contributed by atoms with E-state index in [1.807, 2.05) is 26.0 Å². The van der Waals surface area contributed by atoms with Gasteiger partial charge in [-0.2, -0.15) is 0 Å². The topological polar surface area (TPSA) is 168 Å². The van der Waals surface area contributed by atoms with Crippen LogP contribution in [0.5, 0.6) is 0 Å². The number of carbonyl (C=O) groups excluding carboxylic acids is 1. The number of carbonyl (C=O) groups is 1. The van der Waals surface area contributed by atoms with Crippen LogP contribution < -0.4 is 0 Å². The Labute approximate surface area is 386 Å². The standard InChI is InChI=1S/C50H78O15/c1-12-27(2)44-30(5)18-19-49(65-44)24-36-21-35(64-49)17-16-29(4)43(62-40-23-39(56-10)46(32(7)60-40)63-41-22-38(55-9)45(57-11)31(6)59-41)28(3)14-13-15-34-26-58-47-42(51)33(25-54-8)20-37(48(52)61-36)50(34,47)53/h13-16,20,27-28,30-32,35-47,51,53H,12,17-19,21-26H2,1-11H3/b14-13+,29-16+,34-15+/t27-,28-,30-,31-,32-,35+,36-,37-,38-,39-,40-,41-,42+,43-,44+,45-,46-,47+,49+,50+/m0/s1. The molecule has 0 aromatic rings. The fourth-order valence-corrected chi connectivity index (χ4v) is 11.5. The molecule has 0 saturated carbocycles. The van der Waals surface area contributed by atoms with Crippen LogP contribution in [0.25, 0.3) is 0 Å². The number of allylic oxidation sites excluding steroid dienone is 2. The zero-order valence-electron chi connectivity index (χ0n) is 40.6. The summed E-state index contributed by atoms with van der Waals surface area (Å²) < 4.78 is 75.9. The minimum absolute atomic E-state index is 0.0124. The van der Waals surface area contributed by atoms with Crippen LogP contribution in [0, 0.1) is 23.7 Å². The van der Waals surface area contributed by atoms with Crippen LogP contribution in [-0.4, -0.2) is 155 Å². The number of aliphatic hydroxyl groups is 2. The van der Waals surface area contributed by atoms with E-state index in [-0.39, 0.29) is 55.8 Å². The van der Waals surface area contributed by atoms with Crippen molar-refractivity contribution >= 4 is 5.97 Å². The van der Waals surface area contributed by atoms with Crippen molar-refractivity contribution in [2.24, 2.45) is 23.7 Å². The summed E-state index contributed by atoms with van der Waals surface area (Å²) in [7, 11) is 6.53. The first-order chi connectivity index (χ1) is 31.1. The first kappa shape index (κ1) is 50.8. The van der Waals surface area contributed by atoms with Crippen LogP contribution in [0.2, 0.25) is 0 Å². The zero-order chi connectivity index (χ0) is 46.8. The molecule has 65 heavy (non-hydrogen) atoms. The molecule has 6 aliphatic heterocycles. The van der Waals surface area contributed by atoms with Crippen molar-refractivity contribution in [3.05, 3.63) is 47.1 Å². The summed E-state index contributed by atoms with van der Waals surface area (Å²) in [5, 5.41) is 24.1. The Balaban J connectivity index is 1.18. The van der Waals surface area contributed by atoms with E-state index >= 15 is 0 Å². The summed E-state index contributed by atoms with van der Waals surface area (Å²) in [6, 6.07) is 0. The third-order valence-electron chi connectivity index (χ3n) is 15.3. The Morgan fingerprint density at radius 2 is 1.60 bits per heavy atom. The molecule has 15 nitrogen and oxygen atoms in total. The van der Waals surface area contributed by atoms with Gasteiger partial charge in [0.2, 0.25) is 0 Å². The van der Waals surface area contributed by atoms with Crippen molar-refractivity contribution in [1.82, 2.24) is 0 Å². The average molecular weight is 919 g/mol. The van der Waals surface area contributed by atoms with Crippen LogP contribution >= 0.6 is 0 Å². The molecule has 0 radical (unpaired) electrons. The predicted octanol–water partition coefficient (Wildman–Crippen LogP) is 5.88. The molecule has 6 heterocycles. The van der Waals surface area contributed by atoms with Crippen LogP contribution in [-0.2, 0) is 61.6 Å². The van der Waals surface area contributed by atoms with Crippen molar-refractivity contribution in [3.8, 4) is 0 Å². The molecular weight excluding hydrogens is 841 g/mol. The highest BCUT2D eigenvalue weighted by Gasteiger charge is 2.61. The number of ether oxygens (including phenoxy) is 12. The Bertz CT molecular complexity index is 1730. The summed E-state index contributed by atoms with van der Waals surface area (Å²) in [5.41, 5.74) is 0.0242. The maximum Gasteiger partial charge on any atom is 0.316 e. The molecule has 7 rings (SSSR count). The molecule has 1 aliphatic carbocycles. The first-order valence-electron chi connectivity index (χ1n) is 24.1. The van der Waals surface area contributed by atoms with Crippen LogP contribution in [0.4, 0.5) is 0 Å². The van der Waals surface area contributed by atoms with E-state index in [1.165, 1.54) is 7.11 Å². The van der Waals surface area contributed by atoms with Crippen molar-refractivity contribution < 1.29 is 71.8 Å². The highest BCUT2D eigenvalue weighted by Crippen LogP contribution is 2.48. The van der Waals surface area contributed by atoms with Crippen molar-refractivity contribution in [2.75, 3.05) is 41.7 Å². The van der Waals surface area contributed by atoms with Gasteiger partial charge in [-0.1, -0.05) is 64.5 Å². The van der Waals surface area contributed by atoms with Crippen molar-refractivity contribution in [2.45, 2.75) is 197 Å². The lowest BCUT2D eigenvalue weighted by Gasteiger charge is -2.51. The average Bonchev–Trinajstić information content (AvgIpc) is 3.62. The Morgan fingerprint density at radius 1 is 0.908 bits per heavy atom. The SMILES string of the molecule is CC[C@H](C)[C@H]1O[C@]2(CC[C@@H]1C)C[C@@H]1C[C@@H](C/C=C(\C)[C@@H](O[C@H]3C[C@H](OC)[C@@H](O[C@H]4C[C@H](OC)[C@@H](OC)[C@H](C)O4)[C@H](C)O3)[C@@H](C)/C=C/C=C3\CO[C@@H]4[C@H](O)C(COC)=C[C@@H](C(=O)O1)[C@]34O)O2. The molecule has 368 valence electrons. The molecule has 1 spiro atoms. The Hall–Kier alpha value is -2.09. The Morgan fingerprint density at radius 3 is 2.28 bits per heavy atom. The van der Waals surface area contributed by atoms with Crippen molar-refractivity contribution in [1.29, 1.82) is 0 Å².